The van der Waals surface area contributed by atoms with Gasteiger partial charge in [0.2, 0.25) is 11.7 Å². The number of rotatable bonds is 2. The fourth-order valence-corrected chi connectivity index (χ4v) is 1.87. The van der Waals surface area contributed by atoms with Gasteiger partial charge in [-0.15, -0.1) is 0 Å². The minimum atomic E-state index is 0.262. The summed E-state index contributed by atoms with van der Waals surface area (Å²) in [5, 5.41) is 6.21. The second-order valence-electron chi connectivity index (χ2n) is 3.74. The quantitative estimate of drug-likeness (QED) is 0.727. The van der Waals surface area contributed by atoms with Crippen LogP contribution in [-0.4, -0.2) is 10.1 Å². The van der Waals surface area contributed by atoms with E-state index in [9.17, 15) is 0 Å². The Morgan fingerprint density at radius 3 is 2.71 bits per heavy atom. The standard InChI is InChI=1S/C13H11N3O/c14-8-12-15-13(16-17-12)11-7-3-5-9-4-1-2-6-10(9)11/h1-7H,8,14H2. The molecule has 84 valence electrons. The van der Waals surface area contributed by atoms with Gasteiger partial charge in [0.1, 0.15) is 0 Å². The van der Waals surface area contributed by atoms with Gasteiger partial charge in [0, 0.05) is 5.56 Å². The summed E-state index contributed by atoms with van der Waals surface area (Å²) in [6.07, 6.45) is 0. The number of fused-ring (bicyclic) bond motifs is 1. The summed E-state index contributed by atoms with van der Waals surface area (Å²) in [6, 6.07) is 14.1. The molecule has 0 bridgehead atoms. The van der Waals surface area contributed by atoms with Crippen molar-refractivity contribution in [1.29, 1.82) is 0 Å². The molecule has 2 N–H and O–H groups in total. The third-order valence-corrected chi connectivity index (χ3v) is 2.67. The summed E-state index contributed by atoms with van der Waals surface area (Å²) in [5.41, 5.74) is 6.42. The van der Waals surface area contributed by atoms with Crippen molar-refractivity contribution in [3.05, 3.63) is 48.4 Å². The predicted octanol–water partition coefficient (Wildman–Crippen LogP) is 2.35. The first-order chi connectivity index (χ1) is 8.38. The number of aromatic nitrogens is 2. The number of hydrogen-bond acceptors (Lipinski definition) is 4. The largest absolute Gasteiger partial charge is 0.338 e. The van der Waals surface area contributed by atoms with Crippen LogP contribution in [0.2, 0.25) is 0 Å². The Kier molecular flexibility index (Phi) is 2.34. The summed E-state index contributed by atoms with van der Waals surface area (Å²) in [4.78, 5) is 4.25. The molecular weight excluding hydrogens is 214 g/mol. The molecule has 0 aliphatic carbocycles. The van der Waals surface area contributed by atoms with Gasteiger partial charge in [-0.1, -0.05) is 47.6 Å². The number of hydrogen-bond donors (Lipinski definition) is 1. The third-order valence-electron chi connectivity index (χ3n) is 2.67. The molecule has 0 radical (unpaired) electrons. The zero-order valence-corrected chi connectivity index (χ0v) is 9.13. The number of nitrogens with zero attached hydrogens (tertiary/aromatic N) is 2. The van der Waals surface area contributed by atoms with Crippen LogP contribution in [0.25, 0.3) is 22.2 Å². The topological polar surface area (TPSA) is 64.9 Å². The molecule has 0 aliphatic heterocycles. The molecule has 4 heteroatoms. The van der Waals surface area contributed by atoms with Gasteiger partial charge >= 0.3 is 0 Å². The van der Waals surface area contributed by atoms with Crippen molar-refractivity contribution in [2.75, 3.05) is 0 Å². The van der Waals surface area contributed by atoms with Gasteiger partial charge in [-0.3, -0.25) is 0 Å². The van der Waals surface area contributed by atoms with Crippen molar-refractivity contribution in [3.8, 4) is 11.4 Å². The van der Waals surface area contributed by atoms with Crippen LogP contribution >= 0.6 is 0 Å². The maximum atomic E-state index is 5.46. The minimum Gasteiger partial charge on any atom is -0.338 e. The molecule has 0 saturated heterocycles. The Hall–Kier alpha value is -2.20. The lowest BCUT2D eigenvalue weighted by atomic mass is 10.0. The average molecular weight is 225 g/mol. The molecule has 0 atom stereocenters. The van der Waals surface area contributed by atoms with Crippen molar-refractivity contribution in [3.63, 3.8) is 0 Å². The van der Waals surface area contributed by atoms with E-state index in [2.05, 4.69) is 22.3 Å². The van der Waals surface area contributed by atoms with Gasteiger partial charge < -0.3 is 10.3 Å². The number of nitrogens with two attached hydrogens (primary N) is 1. The van der Waals surface area contributed by atoms with Crippen LogP contribution in [0.1, 0.15) is 5.89 Å². The van der Waals surface area contributed by atoms with E-state index < -0.39 is 0 Å². The van der Waals surface area contributed by atoms with Gasteiger partial charge in [-0.05, 0) is 10.8 Å². The van der Waals surface area contributed by atoms with Crippen molar-refractivity contribution < 1.29 is 4.52 Å². The lowest BCUT2D eigenvalue weighted by Crippen LogP contribution is -1.95. The van der Waals surface area contributed by atoms with Crippen molar-refractivity contribution in [2.24, 2.45) is 5.73 Å². The second kappa shape index (κ2) is 3.99. The second-order valence-corrected chi connectivity index (χ2v) is 3.74. The molecule has 2 aromatic carbocycles. The molecule has 17 heavy (non-hydrogen) atoms. The molecular formula is C13H11N3O. The molecule has 0 aliphatic rings. The highest BCUT2D eigenvalue weighted by atomic mass is 16.5. The fraction of sp³-hybridized carbons (Fsp3) is 0.0769. The molecule has 1 heterocycles. The molecule has 0 amide bonds. The highest BCUT2D eigenvalue weighted by Gasteiger charge is 2.09. The van der Waals surface area contributed by atoms with E-state index in [1.807, 2.05) is 30.3 Å². The van der Waals surface area contributed by atoms with Gasteiger partial charge in [-0.25, -0.2) is 0 Å². The summed E-state index contributed by atoms with van der Waals surface area (Å²) in [5.74, 6) is 1.04. The van der Waals surface area contributed by atoms with Crippen molar-refractivity contribution >= 4 is 10.8 Å². The Balaban J connectivity index is 2.23. The van der Waals surface area contributed by atoms with Crippen LogP contribution in [0.15, 0.2) is 47.0 Å². The lowest BCUT2D eigenvalue weighted by molar-refractivity contribution is 0.380. The summed E-state index contributed by atoms with van der Waals surface area (Å²) in [7, 11) is 0. The first-order valence-corrected chi connectivity index (χ1v) is 5.39. The number of benzene rings is 2. The molecule has 1 aromatic heterocycles. The molecule has 0 unspecified atom stereocenters. The molecule has 0 spiro atoms. The summed E-state index contributed by atoms with van der Waals surface area (Å²) in [6.45, 7) is 0.262. The van der Waals surface area contributed by atoms with Crippen LogP contribution in [-0.2, 0) is 6.54 Å². The Morgan fingerprint density at radius 2 is 1.88 bits per heavy atom. The highest BCUT2D eigenvalue weighted by Crippen LogP contribution is 2.26. The van der Waals surface area contributed by atoms with E-state index in [0.717, 1.165) is 16.3 Å². The maximum absolute atomic E-state index is 5.46. The maximum Gasteiger partial charge on any atom is 0.240 e. The van der Waals surface area contributed by atoms with Gasteiger partial charge in [0.15, 0.2) is 0 Å². The van der Waals surface area contributed by atoms with E-state index >= 15 is 0 Å². The highest BCUT2D eigenvalue weighted by molar-refractivity contribution is 5.94. The monoisotopic (exact) mass is 225 g/mol. The molecule has 4 nitrogen and oxygen atoms in total. The predicted molar refractivity (Wildman–Crippen MR) is 65.1 cm³/mol. The van der Waals surface area contributed by atoms with E-state index in [0.29, 0.717) is 11.7 Å². The van der Waals surface area contributed by atoms with Gasteiger partial charge in [0.25, 0.3) is 0 Å². The summed E-state index contributed by atoms with van der Waals surface area (Å²) >= 11 is 0. The van der Waals surface area contributed by atoms with Gasteiger partial charge in [-0.2, -0.15) is 4.98 Å². The third kappa shape index (κ3) is 1.68. The molecule has 0 saturated carbocycles. The van der Waals surface area contributed by atoms with Crippen molar-refractivity contribution in [1.82, 2.24) is 10.1 Å². The first-order valence-electron chi connectivity index (χ1n) is 5.39. The summed E-state index contributed by atoms with van der Waals surface area (Å²) < 4.78 is 5.03. The lowest BCUT2D eigenvalue weighted by Gasteiger charge is -2.01. The minimum absolute atomic E-state index is 0.262. The Labute approximate surface area is 98.1 Å². The van der Waals surface area contributed by atoms with Crippen LogP contribution < -0.4 is 5.73 Å². The zero-order valence-electron chi connectivity index (χ0n) is 9.13. The van der Waals surface area contributed by atoms with E-state index in [1.165, 1.54) is 0 Å². The van der Waals surface area contributed by atoms with Crippen LogP contribution in [0.5, 0.6) is 0 Å². The average Bonchev–Trinajstić information content (AvgIpc) is 2.87. The Bertz CT molecular complexity index is 655. The van der Waals surface area contributed by atoms with Crippen LogP contribution in [0, 0.1) is 0 Å². The smallest absolute Gasteiger partial charge is 0.240 e. The van der Waals surface area contributed by atoms with Crippen molar-refractivity contribution in [2.45, 2.75) is 6.54 Å². The van der Waals surface area contributed by atoms with Gasteiger partial charge in [0.05, 0.1) is 6.54 Å². The SMILES string of the molecule is NCc1nc(-c2cccc3ccccc23)no1. The van der Waals surface area contributed by atoms with Crippen LogP contribution in [0.4, 0.5) is 0 Å². The van der Waals surface area contributed by atoms with E-state index in [4.69, 9.17) is 10.3 Å². The Morgan fingerprint density at radius 1 is 1.06 bits per heavy atom. The molecule has 0 fully saturated rings. The van der Waals surface area contributed by atoms with E-state index in [1.54, 1.807) is 0 Å². The fourth-order valence-electron chi connectivity index (χ4n) is 1.87. The normalized spacial score (nSPS) is 10.9. The van der Waals surface area contributed by atoms with Crippen LogP contribution in [0.3, 0.4) is 0 Å². The van der Waals surface area contributed by atoms with E-state index in [-0.39, 0.29) is 6.54 Å². The molecule has 3 rings (SSSR count). The zero-order chi connectivity index (χ0) is 11.7. The first kappa shape index (κ1) is 9.99. The molecule has 3 aromatic rings.